The van der Waals surface area contributed by atoms with E-state index in [0.29, 0.717) is 0 Å². The van der Waals surface area contributed by atoms with Crippen molar-refractivity contribution in [1.29, 1.82) is 0 Å². The van der Waals surface area contributed by atoms with E-state index in [1.54, 1.807) is 0 Å². The summed E-state index contributed by atoms with van der Waals surface area (Å²) in [4.78, 5) is 2.68. The second-order valence-electron chi connectivity index (χ2n) is 6.60. The molecular formula is C11H28N2Si2. The summed E-state index contributed by atoms with van der Waals surface area (Å²) in [6.45, 7) is 14.9. The molecule has 0 amide bonds. The van der Waals surface area contributed by atoms with Gasteiger partial charge in [0, 0.05) is 6.17 Å². The Morgan fingerprint density at radius 2 is 1.47 bits per heavy atom. The summed E-state index contributed by atoms with van der Waals surface area (Å²) < 4.78 is 3.98. The van der Waals surface area contributed by atoms with E-state index >= 15 is 0 Å². The first kappa shape index (κ1) is 13.4. The van der Waals surface area contributed by atoms with E-state index in [-0.39, 0.29) is 0 Å². The first-order valence-electron chi connectivity index (χ1n) is 6.30. The number of hydrogen-bond acceptors (Lipinski definition) is 2. The number of likely N-dealkylation sites (tertiary alicyclic amines) is 1. The molecule has 1 N–H and O–H groups in total. The summed E-state index contributed by atoms with van der Waals surface area (Å²) in [5, 5.41) is 0. The van der Waals surface area contributed by atoms with Crippen LogP contribution < -0.4 is 4.65 Å². The third kappa shape index (κ3) is 5.85. The molecule has 2 nitrogen and oxygen atoms in total. The third-order valence-electron chi connectivity index (χ3n) is 2.78. The number of hydrogen-bond donors (Lipinski definition) is 1. The van der Waals surface area contributed by atoms with Crippen molar-refractivity contribution in [3.8, 4) is 0 Å². The first-order chi connectivity index (χ1) is 6.79. The number of piperidine rings is 1. The maximum Gasteiger partial charge on any atom is 0.127 e. The lowest BCUT2D eigenvalue weighted by atomic mass is 10.1. The van der Waals surface area contributed by atoms with Crippen LogP contribution in [0.25, 0.3) is 0 Å². The molecule has 0 saturated carbocycles. The van der Waals surface area contributed by atoms with Crippen LogP contribution in [-0.4, -0.2) is 40.6 Å². The Labute approximate surface area is 97.6 Å². The molecule has 0 radical (unpaired) electrons. The van der Waals surface area contributed by atoms with Gasteiger partial charge in [0.2, 0.25) is 0 Å². The zero-order valence-corrected chi connectivity index (χ0v) is 13.2. The van der Waals surface area contributed by atoms with Crippen molar-refractivity contribution in [2.24, 2.45) is 0 Å². The van der Waals surface area contributed by atoms with Gasteiger partial charge in [-0.3, -0.25) is 0 Å². The molecular weight excluding hydrogens is 216 g/mol. The van der Waals surface area contributed by atoms with Crippen molar-refractivity contribution < 1.29 is 0 Å². The van der Waals surface area contributed by atoms with Crippen molar-refractivity contribution in [2.75, 3.05) is 19.3 Å². The topological polar surface area (TPSA) is 15.3 Å². The van der Waals surface area contributed by atoms with Gasteiger partial charge in [0.25, 0.3) is 0 Å². The van der Waals surface area contributed by atoms with Gasteiger partial charge >= 0.3 is 0 Å². The smallest absolute Gasteiger partial charge is 0.127 e. The van der Waals surface area contributed by atoms with Crippen LogP contribution in [0.2, 0.25) is 32.7 Å². The zero-order chi connectivity index (χ0) is 11.5. The highest BCUT2D eigenvalue weighted by molar-refractivity contribution is 6.90. The summed E-state index contributed by atoms with van der Waals surface area (Å²) in [6, 6.07) is 0. The van der Waals surface area contributed by atoms with Gasteiger partial charge in [-0.05, 0) is 25.9 Å². The van der Waals surface area contributed by atoms with Crippen LogP contribution in [0.1, 0.15) is 19.3 Å². The highest BCUT2D eigenvalue weighted by atomic mass is 28.4. The molecule has 0 aromatic heterocycles. The first-order valence-corrected chi connectivity index (χ1v) is 13.0. The van der Waals surface area contributed by atoms with Gasteiger partial charge in [0.1, 0.15) is 16.5 Å². The van der Waals surface area contributed by atoms with Gasteiger partial charge in [-0.1, -0.05) is 39.2 Å². The molecule has 0 spiro atoms. The minimum absolute atomic E-state index is 1.09. The fraction of sp³-hybridized carbons (Fsp3) is 1.00. The molecule has 1 aliphatic heterocycles. The van der Waals surface area contributed by atoms with Crippen LogP contribution in [0.5, 0.6) is 0 Å². The lowest BCUT2D eigenvalue weighted by molar-refractivity contribution is 0.258. The highest BCUT2D eigenvalue weighted by Gasteiger charge is 2.29. The fourth-order valence-electron chi connectivity index (χ4n) is 2.73. The molecule has 90 valence electrons. The summed E-state index contributed by atoms with van der Waals surface area (Å²) in [5.74, 6) is 0. The standard InChI is InChI=1S/C11H28N2Si2/c1-14(2,3)12-15(4,5)11-13-9-7-6-8-10-13/h12H,6-11H2,1-5H3. The average Bonchev–Trinajstić information content (AvgIpc) is 1.99. The van der Waals surface area contributed by atoms with E-state index in [2.05, 4.69) is 42.3 Å². The highest BCUT2D eigenvalue weighted by Crippen LogP contribution is 2.12. The van der Waals surface area contributed by atoms with Crippen LogP contribution in [0, 0.1) is 0 Å². The number of nitrogens with one attached hydrogen (secondary N) is 1. The monoisotopic (exact) mass is 244 g/mol. The van der Waals surface area contributed by atoms with E-state index in [0.717, 1.165) is 0 Å². The molecule has 1 saturated heterocycles. The SMILES string of the molecule is C[Si](C)(C)N[Si](C)(C)CN1CCCCC1. The van der Waals surface area contributed by atoms with Gasteiger partial charge in [0.15, 0.2) is 0 Å². The molecule has 1 heterocycles. The minimum atomic E-state index is -1.19. The summed E-state index contributed by atoms with van der Waals surface area (Å²) >= 11 is 0. The van der Waals surface area contributed by atoms with E-state index in [1.807, 2.05) is 0 Å². The molecule has 0 aromatic carbocycles. The van der Waals surface area contributed by atoms with E-state index in [4.69, 9.17) is 0 Å². The second-order valence-corrected chi connectivity index (χ2v) is 16.2. The summed E-state index contributed by atoms with van der Waals surface area (Å²) in [5.41, 5.74) is 0. The maximum atomic E-state index is 3.98. The molecule has 1 aliphatic rings. The van der Waals surface area contributed by atoms with Crippen molar-refractivity contribution in [1.82, 2.24) is 9.55 Å². The van der Waals surface area contributed by atoms with Crippen LogP contribution in [0.15, 0.2) is 0 Å². The Bertz CT molecular complexity index is 193. The average molecular weight is 245 g/mol. The number of rotatable bonds is 4. The molecule has 0 aromatic rings. The summed E-state index contributed by atoms with van der Waals surface area (Å²) in [6.07, 6.45) is 5.62. The second kappa shape index (κ2) is 5.12. The molecule has 0 bridgehead atoms. The quantitative estimate of drug-likeness (QED) is 0.765. The van der Waals surface area contributed by atoms with Crippen molar-refractivity contribution >= 4 is 16.5 Å². The van der Waals surface area contributed by atoms with Crippen molar-refractivity contribution in [3.05, 3.63) is 0 Å². The molecule has 4 heteroatoms. The Balaban J connectivity index is 2.40. The Hall–Kier alpha value is 0.354. The normalized spacial score (nSPS) is 20.6. The fourth-order valence-corrected chi connectivity index (χ4v) is 12.6. The third-order valence-corrected chi connectivity index (χ3v) is 9.73. The number of nitrogens with zero attached hydrogens (tertiary/aromatic N) is 1. The molecule has 15 heavy (non-hydrogen) atoms. The van der Waals surface area contributed by atoms with Crippen LogP contribution in [-0.2, 0) is 0 Å². The Morgan fingerprint density at radius 1 is 0.933 bits per heavy atom. The molecule has 1 fully saturated rings. The predicted molar refractivity (Wildman–Crippen MR) is 74.3 cm³/mol. The van der Waals surface area contributed by atoms with Crippen molar-refractivity contribution in [3.63, 3.8) is 0 Å². The maximum absolute atomic E-state index is 3.98. The van der Waals surface area contributed by atoms with Crippen molar-refractivity contribution in [2.45, 2.75) is 52.0 Å². The molecule has 0 aliphatic carbocycles. The lowest BCUT2D eigenvalue weighted by Gasteiger charge is -2.37. The predicted octanol–water partition coefficient (Wildman–Crippen LogP) is 2.64. The van der Waals surface area contributed by atoms with Gasteiger partial charge in [-0.25, -0.2) is 0 Å². The Morgan fingerprint density at radius 3 is 1.93 bits per heavy atom. The molecule has 0 unspecified atom stereocenters. The van der Waals surface area contributed by atoms with E-state index in [1.165, 1.54) is 38.5 Å². The van der Waals surface area contributed by atoms with Gasteiger partial charge in [-0.2, -0.15) is 0 Å². The minimum Gasteiger partial charge on any atom is -0.359 e. The lowest BCUT2D eigenvalue weighted by Crippen LogP contribution is -2.62. The Kier molecular flexibility index (Phi) is 4.58. The zero-order valence-electron chi connectivity index (χ0n) is 11.2. The van der Waals surface area contributed by atoms with Crippen LogP contribution in [0.4, 0.5) is 0 Å². The largest absolute Gasteiger partial charge is 0.359 e. The van der Waals surface area contributed by atoms with Crippen LogP contribution >= 0.6 is 0 Å². The van der Waals surface area contributed by atoms with E-state index < -0.39 is 16.5 Å². The van der Waals surface area contributed by atoms with Gasteiger partial charge in [-0.15, -0.1) is 0 Å². The van der Waals surface area contributed by atoms with Gasteiger partial charge in [0.05, 0.1) is 0 Å². The van der Waals surface area contributed by atoms with Gasteiger partial charge < -0.3 is 9.55 Å². The van der Waals surface area contributed by atoms with Crippen LogP contribution in [0.3, 0.4) is 0 Å². The summed E-state index contributed by atoms with van der Waals surface area (Å²) in [7, 11) is -2.28. The molecule has 1 rings (SSSR count). The van der Waals surface area contributed by atoms with E-state index in [9.17, 15) is 0 Å². The molecule has 0 atom stereocenters.